The third-order valence-corrected chi connectivity index (χ3v) is 15.4. The average Bonchev–Trinajstić information content (AvgIpc) is 2.65. The van der Waals surface area contributed by atoms with Gasteiger partial charge in [-0.3, -0.25) is 0 Å². The molecule has 0 radical (unpaired) electrons. The van der Waals surface area contributed by atoms with Crippen molar-refractivity contribution < 1.29 is 5.11 Å². The fourth-order valence-electron chi connectivity index (χ4n) is 2.64. The van der Waals surface area contributed by atoms with Gasteiger partial charge in [0.15, 0.2) is 17.3 Å². The lowest BCUT2D eigenvalue weighted by atomic mass is 9.90. The van der Waals surface area contributed by atoms with Gasteiger partial charge in [-0.05, 0) is 23.1 Å². The molecule has 1 rings (SSSR count). The van der Waals surface area contributed by atoms with E-state index in [0.717, 1.165) is 0 Å². The first-order valence-electron chi connectivity index (χ1n) is 8.32. The maximum Gasteiger partial charge on any atom is 0.226 e. The Morgan fingerprint density at radius 3 is 1.00 bits per heavy atom. The fourth-order valence-corrected chi connectivity index (χ4v) is 7.28. The molecule has 1 nitrogen and oxygen atoms in total. The minimum atomic E-state index is -2.65. The van der Waals surface area contributed by atoms with Crippen molar-refractivity contribution >= 4 is 209 Å². The lowest BCUT2D eigenvalue weighted by Gasteiger charge is -2.46. The Labute approximate surface area is 291 Å². The van der Waals surface area contributed by atoms with Crippen LogP contribution in [-0.2, 0) is 15.1 Å². The first kappa shape index (κ1) is 37.4. The van der Waals surface area contributed by atoms with Gasteiger partial charge in [-0.1, -0.05) is 227 Å². The maximum absolute atomic E-state index is 9.75. The van der Waals surface area contributed by atoms with E-state index in [0.29, 0.717) is 0 Å². The summed E-state index contributed by atoms with van der Waals surface area (Å²) in [5, 5.41) is 9.75. The van der Waals surface area contributed by atoms with Gasteiger partial charge in [0.25, 0.3) is 0 Å². The van der Waals surface area contributed by atoms with Gasteiger partial charge in [0.2, 0.25) is 16.3 Å². The van der Waals surface area contributed by atoms with Crippen LogP contribution in [0, 0.1) is 0 Å². The molecule has 0 atom stereocenters. The van der Waals surface area contributed by atoms with E-state index in [1.165, 1.54) is 18.2 Å². The number of rotatable bonds is 8. The molecule has 0 bridgehead atoms. The molecule has 0 aromatic heterocycles. The van der Waals surface area contributed by atoms with Crippen molar-refractivity contribution in [1.29, 1.82) is 0 Å². The molecule has 0 saturated carbocycles. The van der Waals surface area contributed by atoms with E-state index < -0.39 is 40.2 Å². The van der Waals surface area contributed by atoms with Crippen LogP contribution >= 0.6 is 209 Å². The SMILES string of the molecule is OCCc1c(C(Cl)(Cl)C(Cl)(Cl)C(Cl)(Cl)C(Cl)(Cl)Cl)cccc1C(Cl)(Cl)C(Cl)(Cl)C(Cl)(Cl)C(Cl)(Cl)Cl. The minimum Gasteiger partial charge on any atom is -0.396 e. The molecule has 0 amide bonds. The van der Waals surface area contributed by atoms with Gasteiger partial charge in [-0.25, -0.2) is 0 Å². The molecule has 1 aromatic rings. The standard InChI is InChI=1S/C16H8Cl18O/c17-9(18,11(21,22)13(25,26)15(29,30)31)7-2-1-3-8(6(7)4-5-35)10(19,20)12(23,24)14(27,28)16(32,33)34/h1-3,35H,4-5H2. The predicted octanol–water partition coefficient (Wildman–Crippen LogP) is 11.9. The third kappa shape index (κ3) is 6.66. The number of aliphatic hydroxyl groups excluding tert-OH is 1. The molecule has 0 heterocycles. The van der Waals surface area contributed by atoms with Gasteiger partial charge in [-0.2, -0.15) is 0 Å². The van der Waals surface area contributed by atoms with E-state index in [-0.39, 0.29) is 23.1 Å². The van der Waals surface area contributed by atoms with Crippen molar-refractivity contribution in [3.63, 3.8) is 0 Å². The fraction of sp³-hybridized carbons (Fsp3) is 0.625. The van der Waals surface area contributed by atoms with Crippen molar-refractivity contribution in [1.82, 2.24) is 0 Å². The van der Waals surface area contributed by atoms with E-state index >= 15 is 0 Å². The van der Waals surface area contributed by atoms with E-state index in [1.807, 2.05) is 0 Å². The summed E-state index contributed by atoms with van der Waals surface area (Å²) in [6.45, 7) is -0.526. The molecule has 35 heavy (non-hydrogen) atoms. The Kier molecular flexibility index (Phi) is 13.0. The van der Waals surface area contributed by atoms with Crippen LogP contribution in [0.5, 0.6) is 0 Å². The van der Waals surface area contributed by atoms with Gasteiger partial charge < -0.3 is 5.11 Å². The summed E-state index contributed by atoms with van der Waals surface area (Å²) in [7, 11) is 0. The summed E-state index contributed by atoms with van der Waals surface area (Å²) in [6, 6.07) is 3.96. The Bertz CT molecular complexity index is 842. The minimum absolute atomic E-state index is 0.0109. The summed E-state index contributed by atoms with van der Waals surface area (Å²) in [5.74, 6) is 0. The van der Waals surface area contributed by atoms with Crippen LogP contribution in [0.2, 0.25) is 0 Å². The predicted molar refractivity (Wildman–Crippen MR) is 162 cm³/mol. The molecule has 19 heteroatoms. The highest BCUT2D eigenvalue weighted by Crippen LogP contribution is 2.68. The van der Waals surface area contributed by atoms with Crippen molar-refractivity contribution in [3.8, 4) is 0 Å². The van der Waals surface area contributed by atoms with Crippen molar-refractivity contribution in [2.24, 2.45) is 0 Å². The average molecular weight is 854 g/mol. The highest BCUT2D eigenvalue weighted by molar-refractivity contribution is 6.81. The van der Waals surface area contributed by atoms with Crippen LogP contribution in [-0.4, -0.2) is 36.6 Å². The molecule has 1 N–H and O–H groups in total. The normalized spacial score (nSPS) is 15.5. The van der Waals surface area contributed by atoms with E-state index in [2.05, 4.69) is 0 Å². The lowest BCUT2D eigenvalue weighted by molar-refractivity contribution is 0.298. The number of alkyl halides is 18. The molecule has 0 aliphatic rings. The molecule has 0 saturated heterocycles. The summed E-state index contributed by atoms with van der Waals surface area (Å²) in [5.41, 5.74) is -0.324. The zero-order valence-electron chi connectivity index (χ0n) is 15.9. The Hall–Kier alpha value is 4.40. The van der Waals surface area contributed by atoms with Gasteiger partial charge in [0.05, 0.1) is 0 Å². The third-order valence-electron chi connectivity index (χ3n) is 4.50. The largest absolute Gasteiger partial charge is 0.396 e. The van der Waals surface area contributed by atoms with Crippen LogP contribution < -0.4 is 0 Å². The van der Waals surface area contributed by atoms with Crippen LogP contribution in [0.4, 0.5) is 0 Å². The summed E-state index contributed by atoms with van der Waals surface area (Å²) < 4.78 is -20.5. The Morgan fingerprint density at radius 2 is 0.771 bits per heavy atom. The van der Waals surface area contributed by atoms with Crippen LogP contribution in [0.3, 0.4) is 0 Å². The molecular formula is C16H8Cl18O. The Morgan fingerprint density at radius 1 is 0.486 bits per heavy atom. The number of halogens is 18. The van der Waals surface area contributed by atoms with Crippen LogP contribution in [0.15, 0.2) is 18.2 Å². The highest BCUT2D eigenvalue weighted by atomic mass is 35.6. The second-order valence-corrected chi connectivity index (χ2v) is 19.3. The molecule has 0 aliphatic carbocycles. The van der Waals surface area contributed by atoms with E-state index in [9.17, 15) is 5.11 Å². The quantitative estimate of drug-likeness (QED) is 0.258. The zero-order chi connectivity index (χ0) is 28.3. The molecular weight excluding hydrogens is 846 g/mol. The Balaban J connectivity index is 3.99. The van der Waals surface area contributed by atoms with Crippen molar-refractivity contribution in [2.75, 3.05) is 6.61 Å². The maximum atomic E-state index is 9.75. The number of benzene rings is 1. The summed E-state index contributed by atoms with van der Waals surface area (Å²) in [6.07, 6.45) is -0.252. The van der Waals surface area contributed by atoms with Crippen LogP contribution in [0.1, 0.15) is 16.7 Å². The van der Waals surface area contributed by atoms with E-state index in [1.54, 1.807) is 0 Å². The molecule has 0 unspecified atom stereocenters. The molecule has 0 fully saturated rings. The van der Waals surface area contributed by atoms with Crippen molar-refractivity contribution in [3.05, 3.63) is 34.9 Å². The van der Waals surface area contributed by atoms with E-state index in [4.69, 9.17) is 209 Å². The molecule has 0 aliphatic heterocycles. The van der Waals surface area contributed by atoms with Gasteiger partial charge in [0, 0.05) is 6.61 Å². The monoisotopic (exact) mass is 845 g/mol. The molecule has 204 valence electrons. The smallest absolute Gasteiger partial charge is 0.226 e. The number of hydrogen-bond acceptors (Lipinski definition) is 1. The summed E-state index contributed by atoms with van der Waals surface area (Å²) >= 11 is 112. The first-order chi connectivity index (χ1) is 15.2. The molecule has 1 aromatic carbocycles. The lowest BCUT2D eigenvalue weighted by Crippen LogP contribution is -2.56. The number of aliphatic hydroxyl groups is 1. The first-order valence-corrected chi connectivity index (χ1v) is 15.1. The van der Waals surface area contributed by atoms with Crippen LogP contribution in [0.25, 0.3) is 0 Å². The number of hydrogen-bond donors (Lipinski definition) is 1. The van der Waals surface area contributed by atoms with Gasteiger partial charge in [0.1, 0.15) is 0 Å². The van der Waals surface area contributed by atoms with Gasteiger partial charge in [-0.15, -0.1) is 0 Å². The molecule has 0 spiro atoms. The summed E-state index contributed by atoms with van der Waals surface area (Å²) in [4.78, 5) is 0. The second-order valence-electron chi connectivity index (χ2n) is 6.75. The van der Waals surface area contributed by atoms with Crippen molar-refractivity contribution in [2.45, 2.75) is 40.0 Å². The highest BCUT2D eigenvalue weighted by Gasteiger charge is 2.71. The second kappa shape index (κ2) is 12.2. The zero-order valence-corrected chi connectivity index (χ0v) is 29.5. The van der Waals surface area contributed by atoms with Gasteiger partial charge >= 0.3 is 0 Å². The topological polar surface area (TPSA) is 20.2 Å².